The number of fused-ring (bicyclic) bond motifs is 1. The average Bonchev–Trinajstić information content (AvgIpc) is 3.24. The van der Waals surface area contributed by atoms with E-state index in [0.29, 0.717) is 55.8 Å². The molecular weight excluding hydrogens is 434 g/mol. The molecule has 1 saturated heterocycles. The number of benzene rings is 2. The van der Waals surface area contributed by atoms with Gasteiger partial charge in [-0.25, -0.2) is 0 Å². The fraction of sp³-hybridized carbons (Fsp3) is 0.481. The van der Waals surface area contributed by atoms with Crippen molar-refractivity contribution in [3.05, 3.63) is 70.8 Å². The van der Waals surface area contributed by atoms with Crippen LogP contribution in [-0.2, 0) is 12.8 Å². The zero-order valence-electron chi connectivity index (χ0n) is 19.1. The monoisotopic (exact) mass is 469 g/mol. The van der Waals surface area contributed by atoms with Crippen molar-refractivity contribution in [3.8, 4) is 0 Å². The van der Waals surface area contributed by atoms with Crippen molar-refractivity contribution >= 4 is 25.2 Å². The topological polar surface area (TPSA) is 77.8 Å². The van der Waals surface area contributed by atoms with Gasteiger partial charge in [-0.1, -0.05) is 36.4 Å². The van der Waals surface area contributed by atoms with Crippen molar-refractivity contribution in [3.63, 3.8) is 0 Å². The largest absolute Gasteiger partial charge is 0.393 e. The molecule has 0 spiro atoms. The number of aliphatic hydroxyl groups is 2. The molecule has 178 valence electrons. The number of likely N-dealkylation sites (tertiary alicyclic amines) is 1. The molecule has 0 saturated carbocycles. The van der Waals surface area contributed by atoms with Crippen LogP contribution in [0.15, 0.2) is 48.5 Å². The number of hydrogen-bond donors (Lipinski definition) is 2. The Bertz CT molecular complexity index is 912. The van der Waals surface area contributed by atoms with Crippen LogP contribution in [0.5, 0.6) is 0 Å². The van der Waals surface area contributed by atoms with Crippen LogP contribution in [0.3, 0.4) is 0 Å². The number of aliphatic hydroxyl groups excluding tert-OH is 2. The molecule has 6 heteroatoms. The van der Waals surface area contributed by atoms with E-state index in [-0.39, 0.29) is 31.3 Å². The minimum atomic E-state index is -0.460. The fourth-order valence-electron chi connectivity index (χ4n) is 4.92. The molecule has 1 aliphatic carbocycles. The molecule has 1 amide bonds. The molecule has 5 nitrogen and oxygen atoms in total. The van der Waals surface area contributed by atoms with Gasteiger partial charge in [-0.2, -0.15) is 13.5 Å². The molecule has 1 aliphatic heterocycles. The lowest BCUT2D eigenvalue weighted by atomic mass is 9.95. The molecule has 1 heterocycles. The second-order valence-electron chi connectivity index (χ2n) is 9.34. The average molecular weight is 470 g/mol. The highest BCUT2D eigenvalue weighted by molar-refractivity contribution is 7.59. The van der Waals surface area contributed by atoms with Crippen LogP contribution in [0.1, 0.15) is 70.4 Å². The lowest BCUT2D eigenvalue weighted by Crippen LogP contribution is -2.40. The summed E-state index contributed by atoms with van der Waals surface area (Å²) in [7, 11) is 0. The Morgan fingerprint density at radius 3 is 2.09 bits per heavy atom. The van der Waals surface area contributed by atoms with Crippen LogP contribution in [0.2, 0.25) is 0 Å². The SMILES string of the molecule is O=C(CC[C@@H](O)CCC1Cc2ccccc2C1)c1ccc(C(=O)N2CCC(O)CC2)cc1.S. The van der Waals surface area contributed by atoms with Gasteiger partial charge in [0, 0.05) is 30.6 Å². The third-order valence-electron chi connectivity index (χ3n) is 6.95. The fourth-order valence-corrected chi connectivity index (χ4v) is 4.92. The Balaban J connectivity index is 0.00000306. The van der Waals surface area contributed by atoms with E-state index in [0.717, 1.165) is 25.7 Å². The Labute approximate surface area is 203 Å². The zero-order valence-corrected chi connectivity index (χ0v) is 20.1. The van der Waals surface area contributed by atoms with Crippen LogP contribution < -0.4 is 0 Å². The first-order valence-electron chi connectivity index (χ1n) is 11.8. The van der Waals surface area contributed by atoms with Crippen molar-refractivity contribution in [2.75, 3.05) is 13.1 Å². The van der Waals surface area contributed by atoms with E-state index < -0.39 is 6.10 Å². The second kappa shape index (κ2) is 11.8. The minimum absolute atomic E-state index is 0. The molecule has 2 aliphatic rings. The summed E-state index contributed by atoms with van der Waals surface area (Å²) in [5, 5.41) is 20.0. The third-order valence-corrected chi connectivity index (χ3v) is 6.95. The molecule has 1 fully saturated rings. The van der Waals surface area contributed by atoms with Gasteiger partial charge in [-0.3, -0.25) is 9.59 Å². The van der Waals surface area contributed by atoms with E-state index in [1.165, 1.54) is 11.1 Å². The maximum absolute atomic E-state index is 12.6. The summed E-state index contributed by atoms with van der Waals surface area (Å²) in [6, 6.07) is 15.4. The first kappa shape index (κ1) is 25.5. The molecule has 2 aromatic carbocycles. The van der Waals surface area contributed by atoms with Gasteiger partial charge in [0.1, 0.15) is 0 Å². The van der Waals surface area contributed by atoms with Crippen LogP contribution in [0.4, 0.5) is 0 Å². The standard InChI is InChI=1S/C27H33NO4.H2S/c29-24(10-5-19-17-22-3-1-2-4-23(22)18-19)11-12-26(31)20-6-8-21(9-7-20)27(32)28-15-13-25(30)14-16-28;/h1-4,6-9,19,24-25,29-30H,5,10-18H2;1H2/t24-;/m0./s1. The Kier molecular flexibility index (Phi) is 9.12. The molecule has 33 heavy (non-hydrogen) atoms. The lowest BCUT2D eigenvalue weighted by molar-refractivity contribution is 0.0546. The van der Waals surface area contributed by atoms with Crippen molar-refractivity contribution in [2.24, 2.45) is 5.92 Å². The van der Waals surface area contributed by atoms with Crippen molar-refractivity contribution in [2.45, 2.75) is 63.6 Å². The molecule has 0 radical (unpaired) electrons. The molecule has 4 rings (SSSR count). The number of ketones is 1. The number of rotatable bonds is 8. The number of carbonyl (C=O) groups is 2. The predicted octanol–water partition coefficient (Wildman–Crippen LogP) is 3.92. The molecular formula is C27H35NO4S. The minimum Gasteiger partial charge on any atom is -0.393 e. The summed E-state index contributed by atoms with van der Waals surface area (Å²) in [4.78, 5) is 26.9. The smallest absolute Gasteiger partial charge is 0.253 e. The Morgan fingerprint density at radius 1 is 0.909 bits per heavy atom. The lowest BCUT2D eigenvalue weighted by Gasteiger charge is -2.29. The number of piperidine rings is 1. The predicted molar refractivity (Wildman–Crippen MR) is 134 cm³/mol. The highest BCUT2D eigenvalue weighted by atomic mass is 32.1. The molecule has 0 bridgehead atoms. The maximum Gasteiger partial charge on any atom is 0.253 e. The van der Waals surface area contributed by atoms with Gasteiger partial charge in [0.25, 0.3) is 5.91 Å². The summed E-state index contributed by atoms with van der Waals surface area (Å²) in [6.07, 6.45) is 5.10. The second-order valence-corrected chi connectivity index (χ2v) is 9.34. The van der Waals surface area contributed by atoms with Crippen LogP contribution in [0, 0.1) is 5.92 Å². The molecule has 2 aromatic rings. The van der Waals surface area contributed by atoms with Gasteiger partial charge in [0.2, 0.25) is 0 Å². The number of Topliss-reactive ketones (excluding diaryl/α,β-unsaturated/α-hetero) is 1. The van der Waals surface area contributed by atoms with E-state index in [1.54, 1.807) is 29.2 Å². The number of nitrogens with zero attached hydrogens (tertiary/aromatic N) is 1. The molecule has 1 atom stereocenters. The highest BCUT2D eigenvalue weighted by Gasteiger charge is 2.23. The maximum atomic E-state index is 12.6. The van der Waals surface area contributed by atoms with Gasteiger partial charge in [0.15, 0.2) is 5.78 Å². The van der Waals surface area contributed by atoms with Crippen LogP contribution in [0.25, 0.3) is 0 Å². The number of carbonyl (C=O) groups excluding carboxylic acids is 2. The van der Waals surface area contributed by atoms with E-state index in [4.69, 9.17) is 0 Å². The Hall–Kier alpha value is -2.15. The van der Waals surface area contributed by atoms with Gasteiger partial charge in [0.05, 0.1) is 12.2 Å². The number of amides is 1. The van der Waals surface area contributed by atoms with E-state index >= 15 is 0 Å². The first-order chi connectivity index (χ1) is 15.5. The van der Waals surface area contributed by atoms with Gasteiger partial charge < -0.3 is 15.1 Å². The van der Waals surface area contributed by atoms with Gasteiger partial charge in [-0.05, 0) is 74.1 Å². The summed E-state index contributed by atoms with van der Waals surface area (Å²) >= 11 is 0. The van der Waals surface area contributed by atoms with E-state index in [1.807, 2.05) is 0 Å². The summed E-state index contributed by atoms with van der Waals surface area (Å²) in [5.41, 5.74) is 4.01. The summed E-state index contributed by atoms with van der Waals surface area (Å²) < 4.78 is 0. The zero-order chi connectivity index (χ0) is 22.5. The highest BCUT2D eigenvalue weighted by Crippen LogP contribution is 2.30. The molecule has 0 aromatic heterocycles. The first-order valence-corrected chi connectivity index (χ1v) is 11.8. The van der Waals surface area contributed by atoms with Crippen LogP contribution >= 0.6 is 13.5 Å². The van der Waals surface area contributed by atoms with Gasteiger partial charge in [-0.15, -0.1) is 0 Å². The molecule has 0 unspecified atom stereocenters. The molecule has 2 N–H and O–H groups in total. The van der Waals surface area contributed by atoms with Gasteiger partial charge >= 0.3 is 0 Å². The summed E-state index contributed by atoms with van der Waals surface area (Å²) in [5.74, 6) is 0.531. The van der Waals surface area contributed by atoms with E-state index in [2.05, 4.69) is 24.3 Å². The van der Waals surface area contributed by atoms with Crippen molar-refractivity contribution < 1.29 is 19.8 Å². The van der Waals surface area contributed by atoms with Crippen LogP contribution in [-0.4, -0.2) is 52.1 Å². The van der Waals surface area contributed by atoms with E-state index in [9.17, 15) is 19.8 Å². The quantitative estimate of drug-likeness (QED) is 0.575. The number of hydrogen-bond acceptors (Lipinski definition) is 4. The summed E-state index contributed by atoms with van der Waals surface area (Å²) in [6.45, 7) is 1.12. The normalized spacial score (nSPS) is 17.3. The Morgan fingerprint density at radius 2 is 1.48 bits per heavy atom. The van der Waals surface area contributed by atoms with Crippen molar-refractivity contribution in [1.29, 1.82) is 0 Å². The third kappa shape index (κ3) is 6.69. The van der Waals surface area contributed by atoms with Crippen molar-refractivity contribution in [1.82, 2.24) is 4.90 Å².